The van der Waals surface area contributed by atoms with Crippen LogP contribution in [0.15, 0.2) is 28.8 Å². The van der Waals surface area contributed by atoms with Gasteiger partial charge in [0.25, 0.3) is 0 Å². The molecule has 5 heteroatoms. The maximum Gasteiger partial charge on any atom is 0.171 e. The summed E-state index contributed by atoms with van der Waals surface area (Å²) >= 11 is 11.7. The highest BCUT2D eigenvalue weighted by Crippen LogP contribution is 2.23. The molecule has 2 aromatic rings. The average Bonchev–Trinajstić information content (AvgIpc) is 2.71. The molecule has 0 saturated carbocycles. The van der Waals surface area contributed by atoms with Crippen molar-refractivity contribution in [2.75, 3.05) is 0 Å². The lowest BCUT2D eigenvalue weighted by molar-refractivity contribution is 0.111. The molecule has 0 aliphatic rings. The van der Waals surface area contributed by atoms with Crippen molar-refractivity contribution >= 4 is 29.5 Å². The van der Waals surface area contributed by atoms with E-state index in [1.165, 1.54) is 0 Å². The molecule has 1 aromatic heterocycles. The van der Waals surface area contributed by atoms with E-state index < -0.39 is 0 Å². The second-order valence-corrected chi connectivity index (χ2v) is 4.08. The van der Waals surface area contributed by atoms with E-state index in [4.69, 9.17) is 27.7 Å². The lowest BCUT2D eigenvalue weighted by Gasteiger charge is -1.99. The molecule has 0 N–H and O–H groups in total. The Morgan fingerprint density at radius 2 is 2.06 bits per heavy atom. The summed E-state index contributed by atoms with van der Waals surface area (Å²) in [6, 6.07) is 6.91. The van der Waals surface area contributed by atoms with Crippen molar-refractivity contribution in [3.8, 4) is 0 Å². The van der Waals surface area contributed by atoms with Crippen molar-refractivity contribution in [3.63, 3.8) is 0 Å². The standard InChI is InChI=1S/C11H7Cl2NO2/c12-10-2-1-7(4-11(10)13)3-9-5-8(6-15)14-16-9/h1-2,4-6H,3H2. The van der Waals surface area contributed by atoms with E-state index in [2.05, 4.69) is 5.16 Å². The zero-order valence-corrected chi connectivity index (χ0v) is 9.63. The number of hydrogen-bond donors (Lipinski definition) is 0. The Bertz CT molecular complexity index is 522. The maximum absolute atomic E-state index is 10.4. The van der Waals surface area contributed by atoms with Crippen LogP contribution >= 0.6 is 23.2 Å². The van der Waals surface area contributed by atoms with Gasteiger partial charge in [-0.05, 0) is 17.7 Å². The minimum Gasteiger partial charge on any atom is -0.360 e. The van der Waals surface area contributed by atoms with Crippen LogP contribution in [0.4, 0.5) is 0 Å². The van der Waals surface area contributed by atoms with Crippen molar-refractivity contribution in [1.29, 1.82) is 0 Å². The predicted molar refractivity (Wildman–Crippen MR) is 61.2 cm³/mol. The number of rotatable bonds is 3. The molecule has 3 nitrogen and oxygen atoms in total. The SMILES string of the molecule is O=Cc1cc(Cc2ccc(Cl)c(Cl)c2)on1. The molecular weight excluding hydrogens is 249 g/mol. The molecule has 0 aliphatic heterocycles. The van der Waals surface area contributed by atoms with Crippen LogP contribution in [0.3, 0.4) is 0 Å². The molecule has 2 rings (SSSR count). The van der Waals surface area contributed by atoms with E-state index in [9.17, 15) is 4.79 Å². The molecule has 0 spiro atoms. The van der Waals surface area contributed by atoms with Gasteiger partial charge in [-0.25, -0.2) is 0 Å². The number of carbonyl (C=O) groups is 1. The minimum absolute atomic E-state index is 0.287. The van der Waals surface area contributed by atoms with Gasteiger partial charge in [0.15, 0.2) is 6.29 Å². The second kappa shape index (κ2) is 4.68. The van der Waals surface area contributed by atoms with Gasteiger partial charge in [-0.2, -0.15) is 0 Å². The Labute approximate surface area is 102 Å². The van der Waals surface area contributed by atoms with Crippen LogP contribution in [-0.4, -0.2) is 11.4 Å². The first-order chi connectivity index (χ1) is 7.69. The summed E-state index contributed by atoms with van der Waals surface area (Å²) in [7, 11) is 0. The van der Waals surface area contributed by atoms with Crippen LogP contribution in [0, 0.1) is 0 Å². The van der Waals surface area contributed by atoms with Gasteiger partial charge < -0.3 is 4.52 Å². The fourth-order valence-electron chi connectivity index (χ4n) is 1.32. The first kappa shape index (κ1) is 11.2. The predicted octanol–water partition coefficient (Wildman–Crippen LogP) is 3.38. The molecule has 82 valence electrons. The highest BCUT2D eigenvalue weighted by Gasteiger charge is 2.06. The molecule has 0 fully saturated rings. The number of hydrogen-bond acceptors (Lipinski definition) is 3. The van der Waals surface area contributed by atoms with Gasteiger partial charge in [0.1, 0.15) is 11.5 Å². The Morgan fingerprint density at radius 3 is 2.69 bits per heavy atom. The summed E-state index contributed by atoms with van der Waals surface area (Å²) in [4.78, 5) is 10.4. The first-order valence-corrected chi connectivity index (χ1v) is 5.29. The van der Waals surface area contributed by atoms with Crippen molar-refractivity contribution in [2.45, 2.75) is 6.42 Å². The summed E-state index contributed by atoms with van der Waals surface area (Å²) in [6.07, 6.45) is 1.17. The highest BCUT2D eigenvalue weighted by molar-refractivity contribution is 6.42. The van der Waals surface area contributed by atoms with Crippen molar-refractivity contribution in [1.82, 2.24) is 5.16 Å². The van der Waals surface area contributed by atoms with E-state index in [0.717, 1.165) is 5.56 Å². The van der Waals surface area contributed by atoms with Crippen LogP contribution in [0.1, 0.15) is 21.8 Å². The van der Waals surface area contributed by atoms with Crippen molar-refractivity contribution < 1.29 is 9.32 Å². The maximum atomic E-state index is 10.4. The quantitative estimate of drug-likeness (QED) is 0.790. The first-order valence-electron chi connectivity index (χ1n) is 4.54. The van der Waals surface area contributed by atoms with E-state index in [1.807, 2.05) is 6.07 Å². The fraction of sp³-hybridized carbons (Fsp3) is 0.0909. The third kappa shape index (κ3) is 2.43. The number of benzene rings is 1. The smallest absolute Gasteiger partial charge is 0.171 e. The molecule has 16 heavy (non-hydrogen) atoms. The largest absolute Gasteiger partial charge is 0.360 e. The second-order valence-electron chi connectivity index (χ2n) is 3.26. The number of aromatic nitrogens is 1. The summed E-state index contributed by atoms with van der Waals surface area (Å²) in [5.41, 5.74) is 1.23. The summed E-state index contributed by atoms with van der Waals surface area (Å²) < 4.78 is 4.97. The topological polar surface area (TPSA) is 43.1 Å². The third-order valence-corrected chi connectivity index (χ3v) is 2.80. The van der Waals surface area contributed by atoms with Gasteiger partial charge in [0.2, 0.25) is 0 Å². The molecule has 0 amide bonds. The fourth-order valence-corrected chi connectivity index (χ4v) is 1.64. The van der Waals surface area contributed by atoms with Crippen molar-refractivity contribution in [2.24, 2.45) is 0 Å². The molecule has 0 saturated heterocycles. The molecule has 0 bridgehead atoms. The number of nitrogens with zero attached hydrogens (tertiary/aromatic N) is 1. The molecule has 0 unspecified atom stereocenters. The molecule has 0 aliphatic carbocycles. The van der Waals surface area contributed by atoms with E-state index in [-0.39, 0.29) is 5.69 Å². The Kier molecular flexibility index (Phi) is 3.27. The molecule has 0 atom stereocenters. The Morgan fingerprint density at radius 1 is 1.25 bits per heavy atom. The van der Waals surface area contributed by atoms with Crippen LogP contribution < -0.4 is 0 Å². The monoisotopic (exact) mass is 255 g/mol. The van der Waals surface area contributed by atoms with E-state index in [0.29, 0.717) is 28.5 Å². The molecule has 1 heterocycles. The zero-order chi connectivity index (χ0) is 11.5. The summed E-state index contributed by atoms with van der Waals surface area (Å²) in [5, 5.41) is 4.57. The van der Waals surface area contributed by atoms with Gasteiger partial charge in [-0.15, -0.1) is 0 Å². The van der Waals surface area contributed by atoms with Crippen molar-refractivity contribution in [3.05, 3.63) is 51.3 Å². The van der Waals surface area contributed by atoms with E-state index in [1.54, 1.807) is 18.2 Å². The van der Waals surface area contributed by atoms with E-state index >= 15 is 0 Å². The molecule has 0 radical (unpaired) electrons. The van der Waals surface area contributed by atoms with Crippen LogP contribution in [0.2, 0.25) is 10.0 Å². The van der Waals surface area contributed by atoms with Gasteiger partial charge in [0, 0.05) is 12.5 Å². The average molecular weight is 256 g/mol. The van der Waals surface area contributed by atoms with Crippen LogP contribution in [-0.2, 0) is 6.42 Å². The number of carbonyl (C=O) groups excluding carboxylic acids is 1. The summed E-state index contributed by atoms with van der Waals surface area (Å²) in [5.74, 6) is 0.612. The number of aldehydes is 1. The van der Waals surface area contributed by atoms with Crippen LogP contribution in [0.5, 0.6) is 0 Å². The minimum atomic E-state index is 0.287. The normalized spacial score (nSPS) is 10.4. The highest BCUT2D eigenvalue weighted by atomic mass is 35.5. The van der Waals surface area contributed by atoms with Gasteiger partial charge in [-0.1, -0.05) is 34.4 Å². The third-order valence-electron chi connectivity index (χ3n) is 2.06. The lowest BCUT2D eigenvalue weighted by atomic mass is 10.1. The van der Waals surface area contributed by atoms with Gasteiger partial charge in [-0.3, -0.25) is 4.79 Å². The molecular formula is C11H7Cl2NO2. The van der Waals surface area contributed by atoms with Gasteiger partial charge in [0.05, 0.1) is 10.0 Å². The Hall–Kier alpha value is -1.32. The molecule has 1 aromatic carbocycles. The van der Waals surface area contributed by atoms with Gasteiger partial charge >= 0.3 is 0 Å². The zero-order valence-electron chi connectivity index (χ0n) is 8.11. The Balaban J connectivity index is 2.20. The summed E-state index contributed by atoms with van der Waals surface area (Å²) in [6.45, 7) is 0. The lowest BCUT2D eigenvalue weighted by Crippen LogP contribution is -1.85. The van der Waals surface area contributed by atoms with Crippen LogP contribution in [0.25, 0.3) is 0 Å². The number of halogens is 2.